The van der Waals surface area contributed by atoms with E-state index in [-0.39, 0.29) is 6.04 Å². The quantitative estimate of drug-likeness (QED) is 0.924. The van der Waals surface area contributed by atoms with Gasteiger partial charge in [0.15, 0.2) is 5.75 Å². The molecule has 2 heterocycles. The van der Waals surface area contributed by atoms with Gasteiger partial charge in [0.25, 0.3) is 0 Å². The van der Waals surface area contributed by atoms with Crippen molar-refractivity contribution in [1.29, 1.82) is 0 Å². The number of rotatable bonds is 4. The molecule has 0 aliphatic carbocycles. The molecule has 0 radical (unpaired) electrons. The summed E-state index contributed by atoms with van der Waals surface area (Å²) in [6, 6.07) is 0.0661. The molecule has 2 aromatic rings. The smallest absolute Gasteiger partial charge is 0.221 e. The summed E-state index contributed by atoms with van der Waals surface area (Å²) < 4.78 is 9.69. The second-order valence-electron chi connectivity index (χ2n) is 5.40. The van der Waals surface area contributed by atoms with Crippen LogP contribution in [0.3, 0.4) is 0 Å². The molecule has 0 aromatic carbocycles. The van der Waals surface area contributed by atoms with Gasteiger partial charge < -0.3 is 10.5 Å². The number of hydrogen-bond donors (Lipinski definition) is 1. The van der Waals surface area contributed by atoms with Crippen LogP contribution in [-0.4, -0.2) is 25.6 Å². The maximum Gasteiger partial charge on any atom is 0.221 e. The van der Waals surface area contributed by atoms with Crippen LogP contribution in [0.4, 0.5) is 0 Å². The van der Waals surface area contributed by atoms with E-state index < -0.39 is 0 Å². The average molecular weight is 277 g/mol. The average Bonchev–Trinajstić information content (AvgIpc) is 2.72. The van der Waals surface area contributed by atoms with E-state index in [1.54, 1.807) is 4.68 Å². The number of aryl methyl sites for hydroxylation is 4. The fourth-order valence-electron chi connectivity index (χ4n) is 2.36. The van der Waals surface area contributed by atoms with E-state index in [0.29, 0.717) is 0 Å². The van der Waals surface area contributed by atoms with Gasteiger partial charge in [-0.2, -0.15) is 10.2 Å². The molecular formula is C14H23N5O. The minimum Gasteiger partial charge on any atom is -0.435 e. The third-order valence-corrected chi connectivity index (χ3v) is 3.46. The third kappa shape index (κ3) is 2.56. The van der Waals surface area contributed by atoms with E-state index in [9.17, 15) is 0 Å². The van der Waals surface area contributed by atoms with Crippen LogP contribution < -0.4 is 10.5 Å². The van der Waals surface area contributed by atoms with Gasteiger partial charge in [-0.3, -0.25) is 4.68 Å². The van der Waals surface area contributed by atoms with Crippen LogP contribution in [0.15, 0.2) is 0 Å². The number of hydrogen-bond acceptors (Lipinski definition) is 4. The van der Waals surface area contributed by atoms with Crippen molar-refractivity contribution in [2.24, 2.45) is 19.8 Å². The van der Waals surface area contributed by atoms with E-state index in [0.717, 1.165) is 40.7 Å². The molecule has 20 heavy (non-hydrogen) atoms. The van der Waals surface area contributed by atoms with Crippen molar-refractivity contribution in [3.63, 3.8) is 0 Å². The lowest BCUT2D eigenvalue weighted by Gasteiger charge is -2.10. The van der Waals surface area contributed by atoms with Gasteiger partial charge in [0.05, 0.1) is 11.4 Å². The third-order valence-electron chi connectivity index (χ3n) is 3.46. The van der Waals surface area contributed by atoms with Gasteiger partial charge in [-0.25, -0.2) is 4.68 Å². The van der Waals surface area contributed by atoms with Gasteiger partial charge in [-0.15, -0.1) is 0 Å². The van der Waals surface area contributed by atoms with Crippen molar-refractivity contribution in [3.05, 3.63) is 22.6 Å². The van der Waals surface area contributed by atoms with Crippen molar-refractivity contribution in [3.8, 4) is 11.6 Å². The van der Waals surface area contributed by atoms with Crippen molar-refractivity contribution >= 4 is 0 Å². The van der Waals surface area contributed by atoms with Gasteiger partial charge in [0.2, 0.25) is 5.88 Å². The van der Waals surface area contributed by atoms with E-state index in [1.807, 2.05) is 46.5 Å². The second-order valence-corrected chi connectivity index (χ2v) is 5.40. The van der Waals surface area contributed by atoms with Crippen LogP contribution >= 0.6 is 0 Å². The van der Waals surface area contributed by atoms with E-state index in [1.165, 1.54) is 0 Å². The molecule has 1 atom stereocenters. The number of nitrogens with two attached hydrogens (primary N) is 1. The molecule has 0 aliphatic heterocycles. The molecule has 2 N–H and O–H groups in total. The van der Waals surface area contributed by atoms with E-state index >= 15 is 0 Å². The summed E-state index contributed by atoms with van der Waals surface area (Å²) in [5.74, 6) is 1.54. The summed E-state index contributed by atoms with van der Waals surface area (Å²) in [4.78, 5) is 0. The lowest BCUT2D eigenvalue weighted by molar-refractivity contribution is 0.418. The molecular weight excluding hydrogens is 254 g/mol. The Morgan fingerprint density at radius 3 is 2.20 bits per heavy atom. The minimum atomic E-state index is 0.0661. The van der Waals surface area contributed by atoms with Crippen LogP contribution in [0.25, 0.3) is 0 Å². The Labute approximate surface area is 119 Å². The van der Waals surface area contributed by atoms with Gasteiger partial charge in [-0.1, -0.05) is 0 Å². The summed E-state index contributed by atoms with van der Waals surface area (Å²) in [7, 11) is 3.79. The maximum atomic E-state index is 6.11. The first-order valence-corrected chi connectivity index (χ1v) is 6.77. The Balaban J connectivity index is 2.43. The monoisotopic (exact) mass is 277 g/mol. The molecule has 0 fully saturated rings. The van der Waals surface area contributed by atoms with Crippen molar-refractivity contribution in [2.45, 2.75) is 40.2 Å². The zero-order valence-electron chi connectivity index (χ0n) is 13.1. The highest BCUT2D eigenvalue weighted by Gasteiger charge is 2.20. The Morgan fingerprint density at radius 1 is 1.10 bits per heavy atom. The predicted molar refractivity (Wildman–Crippen MR) is 78.1 cm³/mol. The predicted octanol–water partition coefficient (Wildman–Crippen LogP) is 1.76. The second kappa shape index (κ2) is 5.28. The summed E-state index contributed by atoms with van der Waals surface area (Å²) in [5, 5.41) is 8.81. The molecule has 0 aliphatic rings. The minimum absolute atomic E-state index is 0.0661. The Morgan fingerprint density at radius 2 is 1.70 bits per heavy atom. The molecule has 6 heteroatoms. The first-order valence-electron chi connectivity index (χ1n) is 6.77. The number of ether oxygens (including phenoxy) is 1. The Bertz CT molecular complexity index is 624. The molecule has 2 rings (SSSR count). The first kappa shape index (κ1) is 14.6. The van der Waals surface area contributed by atoms with Crippen molar-refractivity contribution < 1.29 is 4.74 Å². The normalized spacial score (nSPS) is 12.8. The lowest BCUT2D eigenvalue weighted by atomic mass is 10.1. The molecule has 0 bridgehead atoms. The summed E-state index contributed by atoms with van der Waals surface area (Å²) >= 11 is 0. The highest BCUT2D eigenvalue weighted by atomic mass is 16.5. The Kier molecular flexibility index (Phi) is 3.85. The topological polar surface area (TPSA) is 70.9 Å². The van der Waals surface area contributed by atoms with Crippen LogP contribution in [0.2, 0.25) is 0 Å². The largest absolute Gasteiger partial charge is 0.435 e. The molecule has 6 nitrogen and oxygen atoms in total. The van der Waals surface area contributed by atoms with Crippen molar-refractivity contribution in [2.75, 3.05) is 0 Å². The van der Waals surface area contributed by atoms with Gasteiger partial charge >= 0.3 is 0 Å². The standard InChI is InChI=1S/C14H23N5O/c1-8(15)7-12-9(2)16-19(6)14(12)20-13-10(3)17-18(5)11(13)4/h8H,7,15H2,1-6H3. The highest BCUT2D eigenvalue weighted by Crippen LogP contribution is 2.31. The highest BCUT2D eigenvalue weighted by molar-refractivity contribution is 5.40. The lowest BCUT2D eigenvalue weighted by Crippen LogP contribution is -2.18. The fourth-order valence-corrected chi connectivity index (χ4v) is 2.36. The zero-order chi connectivity index (χ0) is 15.0. The van der Waals surface area contributed by atoms with Crippen LogP contribution in [0.1, 0.15) is 29.6 Å². The van der Waals surface area contributed by atoms with Crippen molar-refractivity contribution in [1.82, 2.24) is 19.6 Å². The van der Waals surface area contributed by atoms with Crippen LogP contribution in [0, 0.1) is 20.8 Å². The zero-order valence-corrected chi connectivity index (χ0v) is 13.1. The van der Waals surface area contributed by atoms with Gasteiger partial charge in [0.1, 0.15) is 5.69 Å². The number of aromatic nitrogens is 4. The summed E-state index contributed by atoms with van der Waals surface area (Å²) in [6.45, 7) is 7.89. The van der Waals surface area contributed by atoms with Crippen LogP contribution in [0.5, 0.6) is 11.6 Å². The summed E-state index contributed by atoms with van der Waals surface area (Å²) in [6.07, 6.45) is 0.743. The van der Waals surface area contributed by atoms with E-state index in [4.69, 9.17) is 10.5 Å². The molecule has 0 spiro atoms. The molecule has 0 saturated carbocycles. The first-order chi connectivity index (χ1) is 9.31. The molecule has 2 aromatic heterocycles. The summed E-state index contributed by atoms with van der Waals surface area (Å²) in [5.41, 5.74) is 9.80. The maximum absolute atomic E-state index is 6.11. The Hall–Kier alpha value is -1.82. The molecule has 110 valence electrons. The van der Waals surface area contributed by atoms with Gasteiger partial charge in [-0.05, 0) is 34.1 Å². The molecule has 0 amide bonds. The van der Waals surface area contributed by atoms with Crippen LogP contribution in [-0.2, 0) is 20.5 Å². The fraction of sp³-hybridized carbons (Fsp3) is 0.571. The SMILES string of the molecule is Cc1nn(C)c(Oc2c(C)nn(C)c2C)c1CC(C)N. The molecule has 0 saturated heterocycles. The van der Waals surface area contributed by atoms with Gasteiger partial charge in [0, 0.05) is 25.7 Å². The number of nitrogens with zero attached hydrogens (tertiary/aromatic N) is 4. The van der Waals surface area contributed by atoms with E-state index in [2.05, 4.69) is 10.2 Å². The molecule has 1 unspecified atom stereocenters.